The molecule has 33 heavy (non-hydrogen) atoms. The lowest BCUT2D eigenvalue weighted by atomic mass is 9.78. The monoisotopic (exact) mass is 452 g/mol. The van der Waals surface area contributed by atoms with Gasteiger partial charge in [0.1, 0.15) is 5.75 Å². The number of anilines is 1. The zero-order valence-corrected chi connectivity index (χ0v) is 21.2. The number of nitrogens with two attached hydrogens (primary N) is 1. The van der Waals surface area contributed by atoms with Crippen LogP contribution >= 0.6 is 0 Å². The maximum Gasteiger partial charge on any atom is 0.331 e. The summed E-state index contributed by atoms with van der Waals surface area (Å²) in [6, 6.07) is 13.9. The summed E-state index contributed by atoms with van der Waals surface area (Å²) in [5.41, 5.74) is 9.21. The van der Waals surface area contributed by atoms with Crippen LogP contribution in [0.25, 0.3) is 0 Å². The number of hydrogen-bond acceptors (Lipinski definition) is 6. The summed E-state index contributed by atoms with van der Waals surface area (Å²) >= 11 is 0. The second kappa shape index (κ2) is 11.7. The van der Waals surface area contributed by atoms with Crippen LogP contribution in [0.5, 0.6) is 5.75 Å². The van der Waals surface area contributed by atoms with E-state index in [9.17, 15) is 5.11 Å². The second-order valence-electron chi connectivity index (χ2n) is 9.48. The Morgan fingerprint density at radius 1 is 1.12 bits per heavy atom. The maximum absolute atomic E-state index is 10.4. The molecule has 1 radical (unpaired) electrons. The van der Waals surface area contributed by atoms with Gasteiger partial charge in [-0.1, -0.05) is 24.3 Å². The topological polar surface area (TPSA) is 80.3 Å². The minimum atomic E-state index is -1.000. The normalized spacial score (nSPS) is 12.8. The number of rotatable bonds is 12. The molecule has 0 unspecified atom stereocenters. The number of nitrogens with zero attached hydrogens (tertiary/aromatic N) is 2. The van der Waals surface area contributed by atoms with Crippen LogP contribution in [-0.2, 0) is 11.2 Å². The van der Waals surface area contributed by atoms with Crippen LogP contribution in [0, 0.1) is 0 Å². The molecule has 2 aromatic rings. The summed E-state index contributed by atoms with van der Waals surface area (Å²) in [7, 11) is 7.28. The zero-order valence-electron chi connectivity index (χ0n) is 21.2. The highest BCUT2D eigenvalue weighted by atomic mass is 16.5. The number of nitrogen functional groups attached to an aromatic ring is 1. The van der Waals surface area contributed by atoms with Crippen LogP contribution in [0.3, 0.4) is 0 Å². The van der Waals surface area contributed by atoms with Gasteiger partial charge in [-0.25, -0.2) is 0 Å². The molecular formula is C26H39BN3O3. The molecule has 0 aliphatic rings. The molecule has 0 atom stereocenters. The average Bonchev–Trinajstić information content (AvgIpc) is 2.75. The largest absolute Gasteiger partial charge is 0.497 e. The SMILES string of the molecule is CN=C(CCCN(C)Cc1ccc(OC)cc1)c1c(N)cccc1[B]OC(C)(C)C(C)(C)O. The second-order valence-corrected chi connectivity index (χ2v) is 9.48. The molecule has 0 aliphatic carbocycles. The number of aliphatic hydroxyl groups is 1. The summed E-state index contributed by atoms with van der Waals surface area (Å²) < 4.78 is 11.2. The Bertz CT molecular complexity index is 921. The van der Waals surface area contributed by atoms with Crippen LogP contribution in [0.2, 0.25) is 0 Å². The fraction of sp³-hybridized carbons (Fsp3) is 0.500. The molecule has 3 N–H and O–H groups in total. The van der Waals surface area contributed by atoms with Gasteiger partial charge in [-0.3, -0.25) is 4.99 Å². The van der Waals surface area contributed by atoms with Crippen molar-refractivity contribution in [2.75, 3.05) is 33.5 Å². The predicted octanol–water partition coefficient (Wildman–Crippen LogP) is 3.42. The van der Waals surface area contributed by atoms with Crippen molar-refractivity contribution in [3.63, 3.8) is 0 Å². The third-order valence-electron chi connectivity index (χ3n) is 6.21. The smallest absolute Gasteiger partial charge is 0.331 e. The minimum Gasteiger partial charge on any atom is -0.497 e. The fourth-order valence-corrected chi connectivity index (χ4v) is 3.36. The molecule has 2 aromatic carbocycles. The number of methoxy groups -OCH3 is 1. The summed E-state index contributed by atoms with van der Waals surface area (Å²) in [4.78, 5) is 6.85. The lowest BCUT2D eigenvalue weighted by molar-refractivity contribution is -0.0893. The van der Waals surface area contributed by atoms with Crippen molar-refractivity contribution < 1.29 is 14.5 Å². The van der Waals surface area contributed by atoms with Gasteiger partial charge in [0.25, 0.3) is 0 Å². The van der Waals surface area contributed by atoms with Crippen LogP contribution < -0.4 is 15.9 Å². The minimum absolute atomic E-state index is 0.667. The van der Waals surface area contributed by atoms with E-state index in [4.69, 9.17) is 15.1 Å². The molecule has 0 fully saturated rings. The molecule has 0 heterocycles. The third kappa shape index (κ3) is 7.59. The highest BCUT2D eigenvalue weighted by Crippen LogP contribution is 2.24. The molecule has 0 spiro atoms. The van der Waals surface area contributed by atoms with Gasteiger partial charge in [-0.15, -0.1) is 0 Å². The molecule has 0 saturated carbocycles. The molecule has 0 aliphatic heterocycles. The van der Waals surface area contributed by atoms with E-state index in [1.54, 1.807) is 35.5 Å². The Balaban J connectivity index is 2.01. The van der Waals surface area contributed by atoms with Gasteiger partial charge >= 0.3 is 7.48 Å². The van der Waals surface area contributed by atoms with E-state index >= 15 is 0 Å². The molecule has 0 aromatic heterocycles. The molecular weight excluding hydrogens is 413 g/mol. The number of ether oxygens (including phenoxy) is 1. The van der Waals surface area contributed by atoms with Gasteiger partial charge in [-0.2, -0.15) is 0 Å². The molecule has 0 saturated heterocycles. The van der Waals surface area contributed by atoms with Gasteiger partial charge in [0.2, 0.25) is 0 Å². The Morgan fingerprint density at radius 3 is 2.36 bits per heavy atom. The van der Waals surface area contributed by atoms with E-state index in [1.165, 1.54) is 5.56 Å². The van der Waals surface area contributed by atoms with E-state index in [1.807, 2.05) is 44.2 Å². The summed E-state index contributed by atoms with van der Waals surface area (Å²) in [6.07, 6.45) is 1.75. The van der Waals surface area contributed by atoms with Crippen LogP contribution in [0.1, 0.15) is 51.7 Å². The van der Waals surface area contributed by atoms with Gasteiger partial charge < -0.3 is 25.1 Å². The Kier molecular flexibility index (Phi) is 9.52. The van der Waals surface area contributed by atoms with Crippen LogP contribution in [0.4, 0.5) is 5.69 Å². The predicted molar refractivity (Wildman–Crippen MR) is 139 cm³/mol. The van der Waals surface area contributed by atoms with Gasteiger partial charge in [0.05, 0.1) is 18.3 Å². The molecule has 7 heteroatoms. The molecule has 0 amide bonds. The van der Waals surface area contributed by atoms with Gasteiger partial charge in [0.15, 0.2) is 0 Å². The highest BCUT2D eigenvalue weighted by molar-refractivity contribution is 6.50. The maximum atomic E-state index is 10.4. The van der Waals surface area contributed by atoms with Crippen molar-refractivity contribution in [2.45, 2.75) is 58.3 Å². The van der Waals surface area contributed by atoms with E-state index < -0.39 is 11.2 Å². The molecule has 0 bridgehead atoms. The van der Waals surface area contributed by atoms with E-state index in [2.05, 4.69) is 29.1 Å². The van der Waals surface area contributed by atoms with E-state index in [-0.39, 0.29) is 0 Å². The lowest BCUT2D eigenvalue weighted by Crippen LogP contribution is -2.49. The van der Waals surface area contributed by atoms with E-state index in [0.29, 0.717) is 5.69 Å². The Labute approximate surface area is 200 Å². The van der Waals surface area contributed by atoms with E-state index in [0.717, 1.165) is 48.4 Å². The van der Waals surface area contributed by atoms with Crippen LogP contribution in [-0.4, -0.2) is 62.2 Å². The number of aliphatic imine (C=N–C) groups is 1. The van der Waals surface area contributed by atoms with Crippen molar-refractivity contribution in [1.82, 2.24) is 4.90 Å². The third-order valence-corrected chi connectivity index (χ3v) is 6.21. The first-order valence-electron chi connectivity index (χ1n) is 11.4. The Hall–Kier alpha value is -2.35. The van der Waals surface area contributed by atoms with Gasteiger partial charge in [0, 0.05) is 30.6 Å². The van der Waals surface area contributed by atoms with Crippen molar-refractivity contribution in [3.05, 3.63) is 53.6 Å². The number of benzene rings is 2. The van der Waals surface area contributed by atoms with Crippen molar-refractivity contribution in [3.8, 4) is 5.75 Å². The van der Waals surface area contributed by atoms with Crippen LogP contribution in [0.15, 0.2) is 47.5 Å². The highest BCUT2D eigenvalue weighted by Gasteiger charge is 2.36. The van der Waals surface area contributed by atoms with Crippen molar-refractivity contribution in [2.24, 2.45) is 4.99 Å². The fourth-order valence-electron chi connectivity index (χ4n) is 3.36. The summed E-state index contributed by atoms with van der Waals surface area (Å²) in [6.45, 7) is 9.00. The zero-order chi connectivity index (χ0) is 24.6. The molecule has 2 rings (SSSR count). The first-order chi connectivity index (χ1) is 15.5. The van der Waals surface area contributed by atoms with Gasteiger partial charge in [-0.05, 0) is 83.4 Å². The van der Waals surface area contributed by atoms with Crippen molar-refractivity contribution in [1.29, 1.82) is 0 Å². The summed E-state index contributed by atoms with van der Waals surface area (Å²) in [5, 5.41) is 10.4. The summed E-state index contributed by atoms with van der Waals surface area (Å²) in [5.74, 6) is 0.869. The molecule has 6 nitrogen and oxygen atoms in total. The van der Waals surface area contributed by atoms with Crippen molar-refractivity contribution >= 4 is 24.3 Å². The number of hydrogen-bond donors (Lipinski definition) is 2. The first kappa shape index (κ1) is 26.9. The average molecular weight is 452 g/mol. The quantitative estimate of drug-likeness (QED) is 0.293. The molecule has 179 valence electrons. The standard InChI is InChI=1S/C26H39BN3O3/c1-25(2,31)26(3,4)33-27-21-10-8-11-22(28)24(21)23(29-5)12-9-17-30(6)18-19-13-15-20(32-7)16-14-19/h8,10-11,13-16,31H,9,12,17-18,28H2,1-7H3. The first-order valence-corrected chi connectivity index (χ1v) is 11.4. The lowest BCUT2D eigenvalue weighted by Gasteiger charge is -2.37. The Morgan fingerprint density at radius 2 is 1.79 bits per heavy atom.